The molecule has 2 aromatic rings. The molecule has 14 heavy (non-hydrogen) atoms. The van der Waals surface area contributed by atoms with Crippen LogP contribution in [0.5, 0.6) is 0 Å². The van der Waals surface area contributed by atoms with Crippen LogP contribution in [-0.2, 0) is 6.54 Å². The predicted molar refractivity (Wildman–Crippen MR) is 55.8 cm³/mol. The van der Waals surface area contributed by atoms with Crippen molar-refractivity contribution in [2.75, 3.05) is 7.05 Å². The molecule has 0 aliphatic heterocycles. The second kappa shape index (κ2) is 3.42. The van der Waals surface area contributed by atoms with Gasteiger partial charge in [-0.1, -0.05) is 12.1 Å². The Bertz CT molecular complexity index is 460. The molecule has 0 saturated carbocycles. The zero-order valence-electron chi connectivity index (χ0n) is 8.32. The summed E-state index contributed by atoms with van der Waals surface area (Å²) < 4.78 is 13.4. The third-order valence-corrected chi connectivity index (χ3v) is 2.46. The molecular weight excluding hydrogens is 179 g/mol. The van der Waals surface area contributed by atoms with Crippen LogP contribution in [-0.4, -0.2) is 12.0 Å². The van der Waals surface area contributed by atoms with E-state index in [4.69, 9.17) is 0 Å². The number of aromatic nitrogens is 1. The first-order valence-corrected chi connectivity index (χ1v) is 4.64. The molecule has 1 heterocycles. The molecule has 0 spiro atoms. The highest BCUT2D eigenvalue weighted by Gasteiger charge is 2.09. The number of aromatic amines is 1. The molecule has 0 radical (unpaired) electrons. The van der Waals surface area contributed by atoms with Crippen LogP contribution in [0, 0.1) is 12.7 Å². The van der Waals surface area contributed by atoms with Crippen LogP contribution < -0.4 is 5.32 Å². The van der Waals surface area contributed by atoms with Crippen molar-refractivity contribution in [2.24, 2.45) is 0 Å². The molecule has 0 amide bonds. The Balaban J connectivity index is 2.70. The Morgan fingerprint density at radius 2 is 2.21 bits per heavy atom. The van der Waals surface area contributed by atoms with Gasteiger partial charge in [-0.05, 0) is 25.6 Å². The van der Waals surface area contributed by atoms with Crippen LogP contribution in [0.2, 0.25) is 0 Å². The minimum Gasteiger partial charge on any atom is -0.356 e. The van der Waals surface area contributed by atoms with E-state index in [1.54, 1.807) is 6.07 Å². The Hall–Kier alpha value is -1.35. The summed E-state index contributed by atoms with van der Waals surface area (Å²) >= 11 is 0. The molecule has 0 fully saturated rings. The summed E-state index contributed by atoms with van der Waals surface area (Å²) in [5.41, 5.74) is 2.77. The molecule has 2 rings (SSSR count). The van der Waals surface area contributed by atoms with E-state index in [-0.39, 0.29) is 5.82 Å². The minimum atomic E-state index is -0.187. The van der Waals surface area contributed by atoms with Gasteiger partial charge in [-0.15, -0.1) is 0 Å². The molecule has 1 aromatic carbocycles. The van der Waals surface area contributed by atoms with E-state index in [9.17, 15) is 4.39 Å². The molecule has 3 heteroatoms. The van der Waals surface area contributed by atoms with Crippen LogP contribution in [0.3, 0.4) is 0 Å². The van der Waals surface area contributed by atoms with Gasteiger partial charge in [-0.25, -0.2) is 4.39 Å². The smallest absolute Gasteiger partial charge is 0.147 e. The second-order valence-corrected chi connectivity index (χ2v) is 3.42. The predicted octanol–water partition coefficient (Wildman–Crippen LogP) is 2.33. The van der Waals surface area contributed by atoms with Crippen molar-refractivity contribution in [3.8, 4) is 0 Å². The number of fused-ring (bicyclic) bond motifs is 1. The van der Waals surface area contributed by atoms with Crippen molar-refractivity contribution in [3.63, 3.8) is 0 Å². The number of benzene rings is 1. The van der Waals surface area contributed by atoms with E-state index in [1.165, 1.54) is 6.07 Å². The monoisotopic (exact) mass is 192 g/mol. The van der Waals surface area contributed by atoms with E-state index in [0.29, 0.717) is 5.52 Å². The standard InChI is InChI=1S/C11H13FN2/c1-7-9(6-13-2)8-4-3-5-10(12)11(8)14-7/h3-5,13-14H,6H2,1-2H3. The second-order valence-electron chi connectivity index (χ2n) is 3.42. The van der Waals surface area contributed by atoms with Gasteiger partial charge in [0.2, 0.25) is 0 Å². The fourth-order valence-corrected chi connectivity index (χ4v) is 1.77. The molecule has 0 saturated heterocycles. The molecule has 0 atom stereocenters. The van der Waals surface area contributed by atoms with Gasteiger partial charge < -0.3 is 10.3 Å². The quantitative estimate of drug-likeness (QED) is 0.751. The Morgan fingerprint density at radius 1 is 1.43 bits per heavy atom. The van der Waals surface area contributed by atoms with Gasteiger partial charge in [-0.3, -0.25) is 0 Å². The average molecular weight is 192 g/mol. The Labute approximate surface area is 82.1 Å². The highest BCUT2D eigenvalue weighted by molar-refractivity contribution is 5.85. The number of H-pyrrole nitrogens is 1. The fraction of sp³-hybridized carbons (Fsp3) is 0.273. The summed E-state index contributed by atoms with van der Waals surface area (Å²) in [5.74, 6) is -0.187. The maximum absolute atomic E-state index is 13.4. The first-order valence-electron chi connectivity index (χ1n) is 4.64. The Kier molecular flexibility index (Phi) is 2.25. The van der Waals surface area contributed by atoms with Crippen molar-refractivity contribution in [1.29, 1.82) is 0 Å². The summed E-state index contributed by atoms with van der Waals surface area (Å²) in [4.78, 5) is 3.07. The third kappa shape index (κ3) is 1.30. The van der Waals surface area contributed by atoms with Gasteiger partial charge in [0.15, 0.2) is 0 Å². The highest BCUT2D eigenvalue weighted by Crippen LogP contribution is 2.23. The average Bonchev–Trinajstić information content (AvgIpc) is 2.47. The van der Waals surface area contributed by atoms with Crippen LogP contribution in [0.25, 0.3) is 10.9 Å². The van der Waals surface area contributed by atoms with Crippen molar-refractivity contribution in [2.45, 2.75) is 13.5 Å². The van der Waals surface area contributed by atoms with Crippen LogP contribution in [0.4, 0.5) is 4.39 Å². The van der Waals surface area contributed by atoms with E-state index < -0.39 is 0 Å². The molecular formula is C11H13FN2. The first-order chi connectivity index (χ1) is 6.74. The van der Waals surface area contributed by atoms with E-state index in [0.717, 1.165) is 23.2 Å². The maximum atomic E-state index is 13.4. The summed E-state index contributed by atoms with van der Waals surface area (Å²) in [6.07, 6.45) is 0. The molecule has 2 N–H and O–H groups in total. The lowest BCUT2D eigenvalue weighted by molar-refractivity contribution is 0.637. The van der Waals surface area contributed by atoms with E-state index >= 15 is 0 Å². The molecule has 2 nitrogen and oxygen atoms in total. The zero-order valence-corrected chi connectivity index (χ0v) is 8.32. The molecule has 0 aliphatic rings. The van der Waals surface area contributed by atoms with E-state index in [1.807, 2.05) is 20.0 Å². The fourth-order valence-electron chi connectivity index (χ4n) is 1.77. The van der Waals surface area contributed by atoms with Crippen molar-refractivity contribution >= 4 is 10.9 Å². The summed E-state index contributed by atoms with van der Waals surface area (Å²) in [6.45, 7) is 2.72. The zero-order chi connectivity index (χ0) is 10.1. The van der Waals surface area contributed by atoms with Crippen LogP contribution in [0.1, 0.15) is 11.3 Å². The normalized spacial score (nSPS) is 11.1. The van der Waals surface area contributed by atoms with Crippen molar-refractivity contribution in [1.82, 2.24) is 10.3 Å². The highest BCUT2D eigenvalue weighted by atomic mass is 19.1. The maximum Gasteiger partial charge on any atom is 0.147 e. The lowest BCUT2D eigenvalue weighted by Crippen LogP contribution is -2.05. The summed E-state index contributed by atoms with van der Waals surface area (Å²) in [7, 11) is 1.89. The first kappa shape index (κ1) is 9.21. The molecule has 0 unspecified atom stereocenters. The molecule has 1 aromatic heterocycles. The van der Waals surface area contributed by atoms with E-state index in [2.05, 4.69) is 10.3 Å². The lowest BCUT2D eigenvalue weighted by atomic mass is 10.1. The summed E-state index contributed by atoms with van der Waals surface area (Å²) in [6, 6.07) is 5.15. The van der Waals surface area contributed by atoms with Gasteiger partial charge in [-0.2, -0.15) is 0 Å². The van der Waals surface area contributed by atoms with Crippen molar-refractivity contribution in [3.05, 3.63) is 35.3 Å². The van der Waals surface area contributed by atoms with Crippen LogP contribution >= 0.6 is 0 Å². The molecule has 0 aliphatic carbocycles. The molecule has 0 bridgehead atoms. The SMILES string of the molecule is CNCc1c(C)[nH]c2c(F)cccc12. The molecule has 74 valence electrons. The number of halogens is 1. The summed E-state index contributed by atoms with van der Waals surface area (Å²) in [5, 5.41) is 4.05. The third-order valence-electron chi connectivity index (χ3n) is 2.46. The van der Waals surface area contributed by atoms with Crippen molar-refractivity contribution < 1.29 is 4.39 Å². The number of rotatable bonds is 2. The minimum absolute atomic E-state index is 0.187. The number of hydrogen-bond donors (Lipinski definition) is 2. The topological polar surface area (TPSA) is 27.8 Å². The number of hydrogen-bond acceptors (Lipinski definition) is 1. The van der Waals surface area contributed by atoms with Gasteiger partial charge in [0, 0.05) is 17.6 Å². The van der Waals surface area contributed by atoms with Gasteiger partial charge in [0.25, 0.3) is 0 Å². The number of nitrogens with one attached hydrogen (secondary N) is 2. The van der Waals surface area contributed by atoms with Crippen LogP contribution in [0.15, 0.2) is 18.2 Å². The largest absolute Gasteiger partial charge is 0.356 e. The Morgan fingerprint density at radius 3 is 2.93 bits per heavy atom. The van der Waals surface area contributed by atoms with Gasteiger partial charge >= 0.3 is 0 Å². The van der Waals surface area contributed by atoms with Gasteiger partial charge in [0.05, 0.1) is 5.52 Å². The van der Waals surface area contributed by atoms with Gasteiger partial charge in [0.1, 0.15) is 5.82 Å². The number of aryl methyl sites for hydroxylation is 1. The number of para-hydroxylation sites is 1. The lowest BCUT2D eigenvalue weighted by Gasteiger charge is -1.98.